The molecule has 5 aromatic rings. The van der Waals surface area contributed by atoms with Crippen LogP contribution in [0.15, 0.2) is 95.2 Å². The molecule has 7 heteroatoms. The van der Waals surface area contributed by atoms with E-state index in [0.717, 1.165) is 33.5 Å². The predicted molar refractivity (Wildman–Crippen MR) is 137 cm³/mol. The van der Waals surface area contributed by atoms with E-state index in [2.05, 4.69) is 27.3 Å². The first-order valence-corrected chi connectivity index (χ1v) is 11.4. The van der Waals surface area contributed by atoms with Crippen molar-refractivity contribution < 1.29 is 14.4 Å². The van der Waals surface area contributed by atoms with Gasteiger partial charge < -0.3 is 25.1 Å². The molecule has 3 aromatic heterocycles. The number of nitrogens with zero attached hydrogens (tertiary/aromatic N) is 2. The number of nitrogens with one attached hydrogen (secondary N) is 1. The fourth-order valence-electron chi connectivity index (χ4n) is 4.19. The average molecular weight is 467 g/mol. The number of H-pyrrole nitrogens is 1. The number of fused-ring (bicyclic) bond motifs is 1. The van der Waals surface area contributed by atoms with E-state index >= 15 is 0 Å². The summed E-state index contributed by atoms with van der Waals surface area (Å²) in [5, 5.41) is 13.7. The maximum atomic E-state index is 9.20. The molecule has 176 valence electrons. The van der Waals surface area contributed by atoms with Crippen molar-refractivity contribution in [2.45, 2.75) is 19.4 Å². The molecular weight excluding hydrogens is 440 g/mol. The van der Waals surface area contributed by atoms with Gasteiger partial charge in [-0.3, -0.25) is 4.98 Å². The zero-order valence-corrected chi connectivity index (χ0v) is 19.3. The number of hydrogen-bond donors (Lipinski definition) is 3. The highest BCUT2D eigenvalue weighted by Crippen LogP contribution is 2.34. The number of aromatic nitrogens is 2. The lowest BCUT2D eigenvalue weighted by molar-refractivity contribution is 0.287. The lowest BCUT2D eigenvalue weighted by atomic mass is 9.98. The second-order valence-electron chi connectivity index (χ2n) is 8.48. The summed E-state index contributed by atoms with van der Waals surface area (Å²) in [6.45, 7) is 2.10. The van der Waals surface area contributed by atoms with Crippen molar-refractivity contribution >= 4 is 16.6 Å². The maximum Gasteiger partial charge on any atom is 0.138 e. The van der Waals surface area contributed by atoms with Crippen LogP contribution in [-0.4, -0.2) is 33.5 Å². The molecule has 0 spiro atoms. The average Bonchev–Trinajstić information content (AvgIpc) is 3.58. The van der Waals surface area contributed by atoms with Gasteiger partial charge in [-0.05, 0) is 54.3 Å². The monoisotopic (exact) mass is 466 g/mol. The van der Waals surface area contributed by atoms with Gasteiger partial charge in [-0.15, -0.1) is 0 Å². The highest BCUT2D eigenvalue weighted by atomic mass is 16.5. The van der Waals surface area contributed by atoms with Crippen LogP contribution in [0.3, 0.4) is 0 Å². The van der Waals surface area contributed by atoms with E-state index in [4.69, 9.17) is 14.9 Å². The van der Waals surface area contributed by atoms with Gasteiger partial charge in [-0.1, -0.05) is 41.6 Å². The molecule has 0 fully saturated rings. The van der Waals surface area contributed by atoms with Gasteiger partial charge in [0.05, 0.1) is 30.1 Å². The van der Waals surface area contributed by atoms with Gasteiger partial charge in [0.15, 0.2) is 0 Å². The topological polar surface area (TPSA) is 110 Å². The first kappa shape index (κ1) is 22.4. The summed E-state index contributed by atoms with van der Waals surface area (Å²) in [5.74, 6) is 0.625. The first-order valence-electron chi connectivity index (χ1n) is 11.4. The Morgan fingerprint density at radius 3 is 2.86 bits per heavy atom. The lowest BCUT2D eigenvalue weighted by Crippen LogP contribution is -2.30. The van der Waals surface area contributed by atoms with E-state index in [1.165, 1.54) is 10.9 Å². The van der Waals surface area contributed by atoms with E-state index in [9.17, 15) is 5.21 Å². The largest absolute Gasteiger partial charge is 0.490 e. The van der Waals surface area contributed by atoms with Crippen molar-refractivity contribution in [1.29, 1.82) is 0 Å². The maximum absolute atomic E-state index is 9.20. The Hall–Kier alpha value is -4.36. The SMILES string of the molecule is CC(=NO)c1cccc(-c2cc(OC[C@@H](N)Cc3c[nH]c4ccccc34)cnc2-c2ccoc2)c1. The molecule has 7 nitrogen and oxygen atoms in total. The molecule has 0 aliphatic carbocycles. The number of rotatable bonds is 8. The molecule has 1 atom stereocenters. The van der Waals surface area contributed by atoms with Crippen molar-refractivity contribution in [3.05, 3.63) is 96.7 Å². The Bertz CT molecular complexity index is 1470. The van der Waals surface area contributed by atoms with Crippen LogP contribution in [0.2, 0.25) is 0 Å². The van der Waals surface area contributed by atoms with Gasteiger partial charge in [0, 0.05) is 34.3 Å². The van der Waals surface area contributed by atoms with Crippen LogP contribution in [0.5, 0.6) is 5.75 Å². The van der Waals surface area contributed by atoms with Crippen molar-refractivity contribution in [2.75, 3.05) is 6.61 Å². The standard InChI is InChI=1S/C28H26N4O3/c1-18(32-33)19-5-4-6-20(11-19)26-13-24(15-31-28(26)21-9-10-34-16-21)35-17-23(29)12-22-14-30-27-8-3-2-7-25(22)27/h2-11,13-16,23,30,33H,12,17,29H2,1H3/t23-/m0/s1. The number of pyridine rings is 1. The predicted octanol–water partition coefficient (Wildman–Crippen LogP) is 5.64. The minimum Gasteiger partial charge on any atom is -0.490 e. The van der Waals surface area contributed by atoms with Crippen LogP contribution in [0.1, 0.15) is 18.1 Å². The number of ether oxygens (including phenoxy) is 1. The lowest BCUT2D eigenvalue weighted by Gasteiger charge is -2.15. The normalized spacial score (nSPS) is 12.7. The van der Waals surface area contributed by atoms with Crippen LogP contribution in [0.25, 0.3) is 33.3 Å². The fourth-order valence-corrected chi connectivity index (χ4v) is 4.19. The zero-order chi connectivity index (χ0) is 24.2. The van der Waals surface area contributed by atoms with Crippen LogP contribution in [0, 0.1) is 0 Å². The molecule has 0 saturated heterocycles. The molecule has 0 aliphatic heterocycles. The van der Waals surface area contributed by atoms with E-state index in [1.54, 1.807) is 25.6 Å². The molecule has 5 rings (SSSR count). The van der Waals surface area contributed by atoms with E-state index < -0.39 is 0 Å². The Kier molecular flexibility index (Phi) is 6.32. The number of hydrogen-bond acceptors (Lipinski definition) is 6. The van der Waals surface area contributed by atoms with Crippen LogP contribution >= 0.6 is 0 Å². The summed E-state index contributed by atoms with van der Waals surface area (Å²) in [6.07, 6.45) is 7.68. The second kappa shape index (κ2) is 9.87. The van der Waals surface area contributed by atoms with Crippen molar-refractivity contribution in [3.8, 4) is 28.1 Å². The number of furan rings is 1. The minimum atomic E-state index is -0.182. The molecule has 2 aromatic carbocycles. The highest BCUT2D eigenvalue weighted by Gasteiger charge is 2.15. The number of benzene rings is 2. The third-order valence-corrected chi connectivity index (χ3v) is 6.02. The summed E-state index contributed by atoms with van der Waals surface area (Å²) in [7, 11) is 0. The second-order valence-corrected chi connectivity index (χ2v) is 8.48. The number of nitrogens with two attached hydrogens (primary N) is 1. The van der Waals surface area contributed by atoms with Gasteiger partial charge in [0.2, 0.25) is 0 Å². The highest BCUT2D eigenvalue weighted by molar-refractivity contribution is 5.99. The minimum absolute atomic E-state index is 0.182. The van der Waals surface area contributed by atoms with Gasteiger partial charge >= 0.3 is 0 Å². The molecule has 4 N–H and O–H groups in total. The van der Waals surface area contributed by atoms with Gasteiger partial charge in [0.1, 0.15) is 12.4 Å². The Morgan fingerprint density at radius 1 is 1.14 bits per heavy atom. The summed E-state index contributed by atoms with van der Waals surface area (Å²) >= 11 is 0. The van der Waals surface area contributed by atoms with E-state index in [1.807, 2.05) is 54.7 Å². The van der Waals surface area contributed by atoms with Crippen LogP contribution in [0.4, 0.5) is 0 Å². The number of para-hydroxylation sites is 1. The van der Waals surface area contributed by atoms with Crippen molar-refractivity contribution in [1.82, 2.24) is 9.97 Å². The van der Waals surface area contributed by atoms with Crippen LogP contribution < -0.4 is 10.5 Å². The molecule has 0 bridgehead atoms. The Labute approximate surface area is 202 Å². The van der Waals surface area contributed by atoms with Gasteiger partial charge in [-0.25, -0.2) is 0 Å². The summed E-state index contributed by atoms with van der Waals surface area (Å²) in [6, 6.07) is 19.6. The smallest absolute Gasteiger partial charge is 0.138 e. The summed E-state index contributed by atoms with van der Waals surface area (Å²) in [4.78, 5) is 7.97. The van der Waals surface area contributed by atoms with Crippen molar-refractivity contribution in [2.24, 2.45) is 10.9 Å². The van der Waals surface area contributed by atoms with E-state index in [-0.39, 0.29) is 6.04 Å². The van der Waals surface area contributed by atoms with Gasteiger partial charge in [-0.2, -0.15) is 0 Å². The Morgan fingerprint density at radius 2 is 2.03 bits per heavy atom. The number of aromatic amines is 1. The number of oxime groups is 1. The molecule has 0 unspecified atom stereocenters. The van der Waals surface area contributed by atoms with Gasteiger partial charge in [0.25, 0.3) is 0 Å². The first-order chi connectivity index (χ1) is 17.1. The zero-order valence-electron chi connectivity index (χ0n) is 19.3. The molecule has 35 heavy (non-hydrogen) atoms. The quantitative estimate of drug-likeness (QED) is 0.156. The summed E-state index contributed by atoms with van der Waals surface area (Å²) < 4.78 is 11.4. The third-order valence-electron chi connectivity index (χ3n) is 6.02. The molecule has 3 heterocycles. The molecule has 0 saturated carbocycles. The summed E-state index contributed by atoms with van der Waals surface area (Å²) in [5.41, 5.74) is 13.5. The Balaban J connectivity index is 1.39. The van der Waals surface area contributed by atoms with Crippen LogP contribution in [-0.2, 0) is 6.42 Å². The molecule has 0 amide bonds. The third kappa shape index (κ3) is 4.81. The molecule has 0 aliphatic rings. The van der Waals surface area contributed by atoms with E-state index in [0.29, 0.717) is 24.5 Å². The fraction of sp³-hybridized carbons (Fsp3) is 0.143. The van der Waals surface area contributed by atoms with Crippen molar-refractivity contribution in [3.63, 3.8) is 0 Å². The molecular formula is C28H26N4O3. The molecule has 0 radical (unpaired) electrons.